The van der Waals surface area contributed by atoms with Crippen LogP contribution < -0.4 is 10.6 Å². The monoisotopic (exact) mass is 508 g/mol. The Bertz CT molecular complexity index is 567. The third-order valence-electron chi connectivity index (χ3n) is 3.14. The highest BCUT2D eigenvalue weighted by Crippen LogP contribution is 2.30. The molecule has 1 aromatic heterocycles. The Labute approximate surface area is 172 Å². The lowest BCUT2D eigenvalue weighted by molar-refractivity contribution is -0.141. The lowest BCUT2D eigenvalue weighted by Gasteiger charge is -2.10. The second-order valence-corrected chi connectivity index (χ2v) is 6.08. The molecule has 0 saturated heterocycles. The average Bonchev–Trinajstić information content (AvgIpc) is 3.04. The van der Waals surface area contributed by atoms with E-state index >= 15 is 0 Å². The molecule has 150 valence electrons. The standard InChI is InChI=1S/C15H23F3N4O2S.HI/c1-3-19-14(20-8-6-4-5-7-13(23)24-2)21-9-12-22-11(10-25-12)15(16,17)18;/h10H,3-9H2,1-2H3,(H2,19,20,21);1H. The highest BCUT2D eigenvalue weighted by atomic mass is 127. The van der Waals surface area contributed by atoms with Gasteiger partial charge in [-0.2, -0.15) is 13.2 Å². The van der Waals surface area contributed by atoms with Crippen LogP contribution >= 0.6 is 35.3 Å². The van der Waals surface area contributed by atoms with Gasteiger partial charge in [0.05, 0.1) is 13.7 Å². The fourth-order valence-electron chi connectivity index (χ4n) is 1.88. The Morgan fingerprint density at radius 3 is 2.62 bits per heavy atom. The van der Waals surface area contributed by atoms with Gasteiger partial charge < -0.3 is 15.4 Å². The summed E-state index contributed by atoms with van der Waals surface area (Å²) in [6.07, 6.45) is -1.57. The van der Waals surface area contributed by atoms with Crippen molar-refractivity contribution in [2.24, 2.45) is 4.99 Å². The summed E-state index contributed by atoms with van der Waals surface area (Å²) < 4.78 is 42.1. The highest BCUT2D eigenvalue weighted by molar-refractivity contribution is 14.0. The lowest BCUT2D eigenvalue weighted by Crippen LogP contribution is -2.37. The van der Waals surface area contributed by atoms with Crippen molar-refractivity contribution in [3.63, 3.8) is 0 Å². The van der Waals surface area contributed by atoms with Crippen LogP contribution in [-0.2, 0) is 22.3 Å². The van der Waals surface area contributed by atoms with E-state index in [1.165, 1.54) is 7.11 Å². The first-order chi connectivity index (χ1) is 11.9. The molecule has 0 aromatic carbocycles. The lowest BCUT2D eigenvalue weighted by atomic mass is 10.2. The third-order valence-corrected chi connectivity index (χ3v) is 3.97. The zero-order valence-corrected chi connectivity index (χ0v) is 17.8. The Kier molecular flexibility index (Phi) is 12.6. The van der Waals surface area contributed by atoms with Crippen LogP contribution in [0.3, 0.4) is 0 Å². The molecule has 1 heterocycles. The van der Waals surface area contributed by atoms with Gasteiger partial charge in [0.2, 0.25) is 0 Å². The van der Waals surface area contributed by atoms with Crippen molar-refractivity contribution in [3.8, 4) is 0 Å². The van der Waals surface area contributed by atoms with Gasteiger partial charge in [0.15, 0.2) is 11.7 Å². The van der Waals surface area contributed by atoms with Gasteiger partial charge in [-0.05, 0) is 19.8 Å². The first-order valence-corrected chi connectivity index (χ1v) is 8.85. The molecule has 0 spiro atoms. The van der Waals surface area contributed by atoms with Crippen molar-refractivity contribution in [1.82, 2.24) is 15.6 Å². The number of thiazole rings is 1. The SMILES string of the molecule is CCNC(=NCc1nc(C(F)(F)F)cs1)NCCCCCC(=O)OC.I. The normalized spacial score (nSPS) is 11.7. The van der Waals surface area contributed by atoms with E-state index in [-0.39, 0.29) is 36.5 Å². The topological polar surface area (TPSA) is 75.6 Å². The zero-order valence-electron chi connectivity index (χ0n) is 14.7. The molecule has 0 fully saturated rings. The van der Waals surface area contributed by atoms with Crippen molar-refractivity contribution in [2.75, 3.05) is 20.2 Å². The molecular weight excluding hydrogens is 484 g/mol. The molecule has 0 amide bonds. The van der Waals surface area contributed by atoms with Gasteiger partial charge in [-0.1, -0.05) is 6.42 Å². The van der Waals surface area contributed by atoms with Gasteiger partial charge in [0.1, 0.15) is 5.01 Å². The van der Waals surface area contributed by atoms with E-state index in [4.69, 9.17) is 0 Å². The van der Waals surface area contributed by atoms with Crippen molar-refractivity contribution >= 4 is 47.2 Å². The van der Waals surface area contributed by atoms with Crippen LogP contribution in [-0.4, -0.2) is 37.1 Å². The summed E-state index contributed by atoms with van der Waals surface area (Å²) in [7, 11) is 1.36. The van der Waals surface area contributed by atoms with Crippen LogP contribution in [0.5, 0.6) is 0 Å². The number of aromatic nitrogens is 1. The minimum atomic E-state index is -4.43. The summed E-state index contributed by atoms with van der Waals surface area (Å²) >= 11 is 0.939. The Morgan fingerprint density at radius 1 is 1.31 bits per heavy atom. The molecule has 0 saturated carbocycles. The van der Waals surface area contributed by atoms with Gasteiger partial charge >= 0.3 is 12.1 Å². The summed E-state index contributed by atoms with van der Waals surface area (Å²) in [5.74, 6) is 0.309. The van der Waals surface area contributed by atoms with Crippen molar-refractivity contribution < 1.29 is 22.7 Å². The van der Waals surface area contributed by atoms with E-state index in [1.807, 2.05) is 6.92 Å². The number of carbonyl (C=O) groups excluding carboxylic acids is 1. The number of guanidine groups is 1. The molecule has 0 unspecified atom stereocenters. The number of methoxy groups -OCH3 is 1. The number of nitrogens with one attached hydrogen (secondary N) is 2. The maximum Gasteiger partial charge on any atom is 0.434 e. The quantitative estimate of drug-likeness (QED) is 0.176. The fraction of sp³-hybridized carbons (Fsp3) is 0.667. The minimum Gasteiger partial charge on any atom is -0.469 e. The van der Waals surface area contributed by atoms with Gasteiger partial charge in [-0.15, -0.1) is 35.3 Å². The summed E-state index contributed by atoms with van der Waals surface area (Å²) in [6, 6.07) is 0. The first kappa shape index (κ1) is 24.9. The number of rotatable bonds is 9. The van der Waals surface area contributed by atoms with Gasteiger partial charge in [-0.3, -0.25) is 4.79 Å². The van der Waals surface area contributed by atoms with E-state index in [9.17, 15) is 18.0 Å². The number of nitrogens with zero attached hydrogens (tertiary/aromatic N) is 2. The summed E-state index contributed by atoms with van der Waals surface area (Å²) in [4.78, 5) is 18.8. The molecule has 26 heavy (non-hydrogen) atoms. The van der Waals surface area contributed by atoms with E-state index in [1.54, 1.807) is 0 Å². The number of hydrogen-bond acceptors (Lipinski definition) is 5. The van der Waals surface area contributed by atoms with Crippen LogP contribution in [0.25, 0.3) is 0 Å². The van der Waals surface area contributed by atoms with Crippen LogP contribution in [0, 0.1) is 0 Å². The molecule has 1 rings (SSSR count). The largest absolute Gasteiger partial charge is 0.469 e. The van der Waals surface area contributed by atoms with Crippen LogP contribution in [0.15, 0.2) is 10.4 Å². The number of unbranched alkanes of at least 4 members (excludes halogenated alkanes) is 2. The average molecular weight is 508 g/mol. The first-order valence-electron chi connectivity index (χ1n) is 7.97. The van der Waals surface area contributed by atoms with Crippen molar-refractivity contribution in [3.05, 3.63) is 16.1 Å². The Balaban J connectivity index is 0.00000625. The molecule has 1 aromatic rings. The van der Waals surface area contributed by atoms with E-state index in [2.05, 4.69) is 25.3 Å². The number of aliphatic imine (C=N–C) groups is 1. The van der Waals surface area contributed by atoms with Crippen LogP contribution in [0.1, 0.15) is 43.3 Å². The number of esters is 1. The Hall–Kier alpha value is -1.11. The fourth-order valence-corrected chi connectivity index (χ4v) is 2.61. The minimum absolute atomic E-state index is 0. The molecule has 0 atom stereocenters. The van der Waals surface area contributed by atoms with Crippen LogP contribution in [0.2, 0.25) is 0 Å². The second kappa shape index (κ2) is 13.1. The number of alkyl halides is 3. The van der Waals surface area contributed by atoms with E-state index < -0.39 is 11.9 Å². The molecule has 0 radical (unpaired) electrons. The number of hydrogen-bond donors (Lipinski definition) is 2. The zero-order chi connectivity index (χ0) is 18.7. The summed E-state index contributed by atoms with van der Waals surface area (Å²) in [5, 5.41) is 7.44. The molecule has 0 aliphatic carbocycles. The molecule has 6 nitrogen and oxygen atoms in total. The van der Waals surface area contributed by atoms with Gasteiger partial charge in [-0.25, -0.2) is 9.98 Å². The maximum absolute atomic E-state index is 12.5. The van der Waals surface area contributed by atoms with Crippen molar-refractivity contribution in [2.45, 2.75) is 45.3 Å². The van der Waals surface area contributed by atoms with Gasteiger partial charge in [0, 0.05) is 24.9 Å². The predicted octanol–water partition coefficient (Wildman–Crippen LogP) is 3.57. The van der Waals surface area contributed by atoms with Crippen LogP contribution in [0.4, 0.5) is 13.2 Å². The summed E-state index contributed by atoms with van der Waals surface area (Å²) in [6.45, 7) is 3.27. The molecule has 11 heteroatoms. The second-order valence-electron chi connectivity index (χ2n) is 5.13. The van der Waals surface area contributed by atoms with Crippen molar-refractivity contribution in [1.29, 1.82) is 0 Å². The Morgan fingerprint density at radius 2 is 2.04 bits per heavy atom. The number of carbonyl (C=O) groups is 1. The molecule has 0 aliphatic heterocycles. The molecule has 0 aliphatic rings. The van der Waals surface area contributed by atoms with E-state index in [0.717, 1.165) is 36.0 Å². The number of halogens is 4. The molecule has 2 N–H and O–H groups in total. The number of ether oxygens (including phenoxy) is 1. The summed E-state index contributed by atoms with van der Waals surface area (Å²) in [5.41, 5.74) is -0.883. The smallest absolute Gasteiger partial charge is 0.434 e. The highest BCUT2D eigenvalue weighted by Gasteiger charge is 2.33. The molecule has 0 bridgehead atoms. The predicted molar refractivity (Wildman–Crippen MR) is 106 cm³/mol. The maximum atomic E-state index is 12.5. The molecular formula is C15H24F3IN4O2S. The third kappa shape index (κ3) is 10.1. The van der Waals surface area contributed by atoms with Gasteiger partial charge in [0.25, 0.3) is 0 Å². The van der Waals surface area contributed by atoms with E-state index in [0.29, 0.717) is 30.5 Å².